The summed E-state index contributed by atoms with van der Waals surface area (Å²) in [6, 6.07) is 11.1. The fourth-order valence-electron chi connectivity index (χ4n) is 14.4. The normalized spacial score (nSPS) is 16.4. The molecular weight excluding hydrogens is 1460 g/mol. The Balaban J connectivity index is 0.851. The van der Waals surface area contributed by atoms with E-state index in [9.17, 15) is 72.5 Å². The highest BCUT2D eigenvalue weighted by Gasteiger charge is 2.41. The minimum Gasteiger partial charge on any atom is -0.508 e. The van der Waals surface area contributed by atoms with E-state index in [1.165, 1.54) is 48.5 Å². The van der Waals surface area contributed by atoms with Crippen molar-refractivity contribution in [3.63, 3.8) is 0 Å². The van der Waals surface area contributed by atoms with Gasteiger partial charge in [-0.25, -0.2) is 14.7 Å². The van der Waals surface area contributed by atoms with Crippen LogP contribution < -0.4 is 32.0 Å². The molecular formula is C82H106N12O17S. The number of hydrogen-bond acceptors (Lipinski definition) is 18. The molecule has 4 aliphatic heterocycles. The lowest BCUT2D eigenvalue weighted by Crippen LogP contribution is -2.46. The second-order valence-corrected chi connectivity index (χ2v) is 30.7. The summed E-state index contributed by atoms with van der Waals surface area (Å²) in [5, 5.41) is 37.8. The zero-order chi connectivity index (χ0) is 81.5. The molecule has 2 aromatic carbocycles. The second-order valence-electron chi connectivity index (χ2n) is 29.5. The number of aryl methyl sites for hydroxylation is 1. The van der Waals surface area contributed by atoms with Crippen LogP contribution in [0.2, 0.25) is 0 Å². The first-order valence-corrected chi connectivity index (χ1v) is 39.3. The maximum atomic E-state index is 14.7. The van der Waals surface area contributed by atoms with E-state index in [0.29, 0.717) is 108 Å². The van der Waals surface area contributed by atoms with Crippen molar-refractivity contribution in [3.8, 4) is 28.2 Å². The van der Waals surface area contributed by atoms with Crippen LogP contribution in [-0.2, 0) is 59.3 Å². The van der Waals surface area contributed by atoms with Gasteiger partial charge in [0.2, 0.25) is 59.1 Å². The minimum atomic E-state index is -1.39. The molecule has 5 heterocycles. The molecule has 1 aromatic heterocycles. The first kappa shape index (κ1) is 86.8. The van der Waals surface area contributed by atoms with E-state index in [4.69, 9.17) is 15.3 Å². The van der Waals surface area contributed by atoms with Gasteiger partial charge in [-0.15, -0.1) is 11.8 Å². The number of likely N-dealkylation sites (tertiary alicyclic amines) is 2. The predicted octanol–water partition coefficient (Wildman–Crippen LogP) is 7.39. The van der Waals surface area contributed by atoms with Crippen LogP contribution in [0.15, 0.2) is 129 Å². The van der Waals surface area contributed by atoms with Crippen molar-refractivity contribution in [3.05, 3.63) is 136 Å². The van der Waals surface area contributed by atoms with E-state index in [1.807, 2.05) is 80.3 Å². The third-order valence-corrected chi connectivity index (χ3v) is 21.2. The molecule has 1 aliphatic carbocycles. The molecule has 112 heavy (non-hydrogen) atoms. The van der Waals surface area contributed by atoms with Crippen molar-refractivity contribution < 1.29 is 77.3 Å². The number of imidazole rings is 1. The number of amides is 10. The molecule has 3 saturated heterocycles. The third-order valence-electron chi connectivity index (χ3n) is 19.9. The number of aromatic hydroxyl groups is 1. The number of carboxylic acid groups (broad SMARTS) is 2. The van der Waals surface area contributed by atoms with E-state index >= 15 is 0 Å². The average molecular weight is 1560 g/mol. The number of carboxylic acids is 2. The quantitative estimate of drug-likeness (QED) is 0.00865. The number of aliphatic carboxylic acids is 1. The van der Waals surface area contributed by atoms with Gasteiger partial charge in [0.1, 0.15) is 23.1 Å². The maximum Gasteiger partial charge on any atom is 0.336 e. The zero-order valence-corrected chi connectivity index (χ0v) is 66.0. The molecule has 6 atom stereocenters. The summed E-state index contributed by atoms with van der Waals surface area (Å²) in [5.41, 5.74) is 9.32. The number of imide groups is 1. The van der Waals surface area contributed by atoms with Crippen LogP contribution in [0.4, 0.5) is 5.69 Å². The van der Waals surface area contributed by atoms with Gasteiger partial charge in [0.25, 0.3) is 0 Å². The summed E-state index contributed by atoms with van der Waals surface area (Å²) in [4.78, 5) is 186. The van der Waals surface area contributed by atoms with Gasteiger partial charge in [-0.3, -0.25) is 57.5 Å². The fourth-order valence-corrected chi connectivity index (χ4v) is 15.6. The Hall–Kier alpha value is -10.8. The molecule has 3 aromatic rings. The number of fused-ring (bicyclic) bond motifs is 2. The summed E-state index contributed by atoms with van der Waals surface area (Å²) in [5.74, 6) is -8.35. The number of rotatable bonds is 43. The van der Waals surface area contributed by atoms with Gasteiger partial charge >= 0.3 is 11.9 Å². The van der Waals surface area contributed by atoms with E-state index < -0.39 is 70.5 Å². The Kier molecular flexibility index (Phi) is 32.2. The molecule has 8 N–H and O–H groups in total. The summed E-state index contributed by atoms with van der Waals surface area (Å²) in [7, 11) is 0. The van der Waals surface area contributed by atoms with E-state index in [2.05, 4.69) is 20.9 Å². The number of thioether (sulfide) groups is 1. The van der Waals surface area contributed by atoms with E-state index in [1.54, 1.807) is 53.2 Å². The highest BCUT2D eigenvalue weighted by Crippen LogP contribution is 2.43. The lowest BCUT2D eigenvalue weighted by Gasteiger charge is -2.29. The van der Waals surface area contributed by atoms with Crippen molar-refractivity contribution in [1.82, 2.24) is 50.0 Å². The number of nitrogens with zero attached hydrogens (tertiary/aromatic N) is 8. The number of carbonyl (C=O) groups excluding carboxylic acids is 10. The number of hydrogen-bond donors (Lipinski definition) is 7. The molecule has 0 bridgehead atoms. The number of aromatic nitrogens is 2. The third kappa shape index (κ3) is 24.9. The molecule has 10 amide bonds. The van der Waals surface area contributed by atoms with Gasteiger partial charge < -0.3 is 70.5 Å². The molecule has 5 aliphatic rings. The SMILES string of the molecule is C/C(=C\[C@H](C)C(=O)N(CCCN1CCCC1=O)C/C(C)=C/[C@@H](C)C(=O)N(CCCN1CCCC1=O)C/C(C)=C/[C@H](C)C(=O)N(CCCn1ccnc1)C/C(C)=C/[C@@H](C)C(=O)NCCCC(=O)N[C@@H](CSC1CC(=O)N(c2ccc(-c3c4ccc(=O)cc-4oc4cc(O)ccc34)c(C(=O)O)c2)C1=O)C(N)=O)CNCCC(=O)O. The number of primary amides is 1. The molecule has 30 heteroatoms. The number of aromatic carboxylic acids is 1. The highest BCUT2D eigenvalue weighted by molar-refractivity contribution is 8.00. The monoisotopic (exact) mass is 1560 g/mol. The summed E-state index contributed by atoms with van der Waals surface area (Å²) in [6.45, 7) is 20.0. The van der Waals surface area contributed by atoms with Crippen LogP contribution in [0.1, 0.15) is 136 Å². The van der Waals surface area contributed by atoms with Crippen LogP contribution in [-0.4, -0.2) is 223 Å². The Bertz CT molecular complexity index is 4430. The largest absolute Gasteiger partial charge is 0.508 e. The van der Waals surface area contributed by atoms with Crippen LogP contribution >= 0.6 is 11.8 Å². The smallest absolute Gasteiger partial charge is 0.336 e. The number of anilines is 1. The molecule has 29 nitrogen and oxygen atoms in total. The molecule has 3 fully saturated rings. The van der Waals surface area contributed by atoms with Crippen molar-refractivity contribution in [1.29, 1.82) is 0 Å². The van der Waals surface area contributed by atoms with Crippen molar-refractivity contribution in [2.45, 2.75) is 144 Å². The zero-order valence-electron chi connectivity index (χ0n) is 65.2. The van der Waals surface area contributed by atoms with Crippen LogP contribution in [0.25, 0.3) is 33.4 Å². The molecule has 1 unspecified atom stereocenters. The highest BCUT2D eigenvalue weighted by atomic mass is 32.2. The lowest BCUT2D eigenvalue weighted by molar-refractivity contribution is -0.137. The van der Waals surface area contributed by atoms with Crippen molar-refractivity contribution in [2.24, 2.45) is 29.4 Å². The predicted molar refractivity (Wildman–Crippen MR) is 424 cm³/mol. The van der Waals surface area contributed by atoms with Gasteiger partial charge in [-0.1, -0.05) is 80.4 Å². The van der Waals surface area contributed by atoms with Gasteiger partial charge in [0.05, 0.1) is 52.9 Å². The summed E-state index contributed by atoms with van der Waals surface area (Å²) < 4.78 is 7.84. The maximum absolute atomic E-state index is 14.7. The average Bonchev–Trinajstić information content (AvgIpc) is 1.25. The molecule has 0 saturated carbocycles. The number of nitrogens with two attached hydrogens (primary N) is 1. The van der Waals surface area contributed by atoms with Gasteiger partial charge in [-0.05, 0) is 108 Å². The number of phenolic OH excluding ortho intramolecular Hbond substituents is 1. The standard InChI is InChI=1S/C82H106N12O17S/c1-51(45-84-26-24-74(101)102)37-56(6)78(105)92(34-13-31-89-29-10-16-71(89)98)47-53(3)40-58(8)80(107)93(35-14-32-90-30-11-17-72(90)99)48-54(4)39-57(7)79(106)91(33-12-28-88-36-27-85-50-88)46-52(2)38-55(5)77(104)86-25-9-15-70(97)87-66(76(83)103)49-112-69-44-73(100)94(81(69)108)59-18-21-62(65(41-59)82(109)110)75-63-22-19-60(95)42-67(63)111-68-43-61(96)20-23-64(68)75/h18-23,27,36-43,50,55-58,66,69,84,95H,9-17,24-26,28-35,44-49H2,1-8H3,(H2,83,103)(H,86,104)(H,87,97)(H,101,102)(H,109,110)/b51-37+,52-38+,53-40+,54-39+/t55-,56+,57+,58-,66+,69?/m1/s1. The Morgan fingerprint density at radius 3 is 1.76 bits per heavy atom. The molecule has 0 radical (unpaired) electrons. The Morgan fingerprint density at radius 1 is 0.661 bits per heavy atom. The number of benzene rings is 3. The Morgan fingerprint density at radius 2 is 1.22 bits per heavy atom. The van der Waals surface area contributed by atoms with E-state index in [0.717, 1.165) is 51.8 Å². The first-order chi connectivity index (χ1) is 53.3. The van der Waals surface area contributed by atoms with Gasteiger partial charge in [0, 0.05) is 164 Å². The number of carbonyl (C=O) groups is 12. The van der Waals surface area contributed by atoms with Crippen LogP contribution in [0.5, 0.6) is 5.75 Å². The molecule has 602 valence electrons. The van der Waals surface area contributed by atoms with Crippen LogP contribution in [0, 0.1) is 23.7 Å². The summed E-state index contributed by atoms with van der Waals surface area (Å²) >= 11 is 0.923. The van der Waals surface area contributed by atoms with Crippen molar-refractivity contribution >= 4 is 99.4 Å². The topological polar surface area (TPSA) is 395 Å². The molecule has 8 rings (SSSR count). The first-order valence-electron chi connectivity index (χ1n) is 38.3. The van der Waals surface area contributed by atoms with Gasteiger partial charge in [-0.2, -0.15) is 0 Å². The second kappa shape index (κ2) is 41.5. The Labute approximate surface area is 656 Å². The lowest BCUT2D eigenvalue weighted by atomic mass is 9.90. The van der Waals surface area contributed by atoms with Gasteiger partial charge in [0.15, 0.2) is 5.43 Å². The molecule has 0 spiro atoms. The fraction of sp³-hybridized carbons (Fsp3) is 0.488. The van der Waals surface area contributed by atoms with Crippen molar-refractivity contribution in [2.75, 3.05) is 95.7 Å². The summed E-state index contributed by atoms with van der Waals surface area (Å²) in [6.07, 6.45) is 16.5. The minimum absolute atomic E-state index is 0.0298. The van der Waals surface area contributed by atoms with Crippen LogP contribution in [0.3, 0.4) is 0 Å². The van der Waals surface area contributed by atoms with E-state index in [-0.39, 0.29) is 139 Å². The number of phenols is 1. The number of nitrogens with one attached hydrogen (secondary N) is 3.